The maximum absolute atomic E-state index is 10.8. The van der Waals surface area contributed by atoms with Crippen LogP contribution in [0.1, 0.15) is 12.1 Å². The Morgan fingerprint density at radius 1 is 1.12 bits per heavy atom. The molecular formula is C17H20N6O. The Balaban J connectivity index is 1.45. The van der Waals surface area contributed by atoms with E-state index in [0.29, 0.717) is 13.1 Å². The Morgan fingerprint density at radius 2 is 2.00 bits per heavy atom. The van der Waals surface area contributed by atoms with Crippen LogP contribution in [-0.4, -0.2) is 53.5 Å². The summed E-state index contributed by atoms with van der Waals surface area (Å²) < 4.78 is 3.65. The average molecular weight is 324 g/mol. The minimum atomic E-state index is -0.759. The molecule has 1 aliphatic heterocycles. The van der Waals surface area contributed by atoms with Crippen molar-refractivity contribution in [2.45, 2.75) is 25.1 Å². The lowest BCUT2D eigenvalue weighted by atomic mass is 10.0. The van der Waals surface area contributed by atoms with Crippen LogP contribution in [0.25, 0.3) is 5.69 Å². The van der Waals surface area contributed by atoms with Gasteiger partial charge in [-0.05, 0) is 24.6 Å². The van der Waals surface area contributed by atoms with Crippen molar-refractivity contribution in [2.24, 2.45) is 0 Å². The van der Waals surface area contributed by atoms with E-state index in [-0.39, 0.29) is 0 Å². The van der Waals surface area contributed by atoms with Crippen molar-refractivity contribution in [3.05, 3.63) is 60.7 Å². The van der Waals surface area contributed by atoms with Gasteiger partial charge in [-0.2, -0.15) is 5.10 Å². The monoisotopic (exact) mass is 324 g/mol. The lowest BCUT2D eigenvalue weighted by Gasteiger charge is -2.23. The van der Waals surface area contributed by atoms with Crippen molar-refractivity contribution in [1.82, 2.24) is 29.7 Å². The summed E-state index contributed by atoms with van der Waals surface area (Å²) in [6.45, 7) is 2.70. The van der Waals surface area contributed by atoms with Crippen molar-refractivity contribution >= 4 is 0 Å². The molecule has 3 heterocycles. The molecule has 0 saturated carbocycles. The van der Waals surface area contributed by atoms with E-state index in [1.807, 2.05) is 47.3 Å². The average Bonchev–Trinajstić information content (AvgIpc) is 3.31. The van der Waals surface area contributed by atoms with Gasteiger partial charge in [0.1, 0.15) is 0 Å². The largest absolute Gasteiger partial charge is 0.387 e. The number of aromatic nitrogens is 5. The van der Waals surface area contributed by atoms with Gasteiger partial charge in [0.05, 0.1) is 29.7 Å². The molecule has 3 aromatic rings. The molecule has 0 aliphatic carbocycles. The minimum Gasteiger partial charge on any atom is -0.387 e. The molecule has 1 aromatic carbocycles. The van der Waals surface area contributed by atoms with Crippen LogP contribution in [0.5, 0.6) is 0 Å². The number of likely N-dealkylation sites (tertiary alicyclic amines) is 1. The fraction of sp³-hybridized carbons (Fsp3) is 0.353. The molecule has 1 aliphatic rings. The summed E-state index contributed by atoms with van der Waals surface area (Å²) >= 11 is 0. The molecular weight excluding hydrogens is 304 g/mol. The zero-order valence-corrected chi connectivity index (χ0v) is 13.4. The second-order valence-corrected chi connectivity index (χ2v) is 6.36. The quantitative estimate of drug-likeness (QED) is 0.761. The molecule has 0 radical (unpaired) electrons. The normalized spacial score (nSPS) is 21.4. The van der Waals surface area contributed by atoms with Gasteiger partial charge in [0, 0.05) is 32.0 Å². The van der Waals surface area contributed by atoms with Gasteiger partial charge >= 0.3 is 0 Å². The number of aliphatic hydroxyl groups is 1. The van der Waals surface area contributed by atoms with Gasteiger partial charge in [0.15, 0.2) is 0 Å². The number of β-amino-alcohol motifs (C(OH)–C–C–N with tert-alkyl or cyclic N) is 1. The molecule has 124 valence electrons. The molecule has 0 amide bonds. The van der Waals surface area contributed by atoms with Crippen LogP contribution in [0, 0.1) is 0 Å². The number of para-hydroxylation sites is 1. The summed E-state index contributed by atoms with van der Waals surface area (Å²) in [5.74, 6) is 0. The van der Waals surface area contributed by atoms with Crippen LogP contribution in [0.3, 0.4) is 0 Å². The first-order valence-electron chi connectivity index (χ1n) is 8.09. The highest BCUT2D eigenvalue weighted by Crippen LogP contribution is 2.25. The fourth-order valence-corrected chi connectivity index (χ4v) is 3.30. The number of hydrogen-bond acceptors (Lipinski definition) is 5. The summed E-state index contributed by atoms with van der Waals surface area (Å²) in [7, 11) is 0. The van der Waals surface area contributed by atoms with Gasteiger partial charge < -0.3 is 5.11 Å². The van der Waals surface area contributed by atoms with E-state index in [9.17, 15) is 5.11 Å². The van der Waals surface area contributed by atoms with Gasteiger partial charge in [-0.1, -0.05) is 23.4 Å². The third-order valence-corrected chi connectivity index (χ3v) is 4.45. The first-order chi connectivity index (χ1) is 11.7. The van der Waals surface area contributed by atoms with Gasteiger partial charge in [0.25, 0.3) is 0 Å². The lowest BCUT2D eigenvalue weighted by Crippen LogP contribution is -2.37. The van der Waals surface area contributed by atoms with Crippen molar-refractivity contribution < 1.29 is 5.11 Å². The van der Waals surface area contributed by atoms with Crippen LogP contribution in [0.4, 0.5) is 0 Å². The summed E-state index contributed by atoms with van der Waals surface area (Å²) in [5, 5.41) is 23.0. The molecule has 7 nitrogen and oxygen atoms in total. The standard InChI is InChI=1S/C17H20N6O/c24-17(14-22-11-9-18-20-22)7-10-21(13-17)12-16-6-8-19-23(16)15-4-2-1-3-5-15/h1-6,8-9,11,24H,7,10,12-14H2. The second kappa shape index (κ2) is 6.18. The minimum absolute atomic E-state index is 0.474. The molecule has 24 heavy (non-hydrogen) atoms. The Bertz CT molecular complexity index is 785. The Kier molecular flexibility index (Phi) is 3.87. The number of hydrogen-bond donors (Lipinski definition) is 1. The Morgan fingerprint density at radius 3 is 2.79 bits per heavy atom. The maximum Gasteiger partial charge on any atom is 0.0981 e. The lowest BCUT2D eigenvalue weighted by molar-refractivity contribution is 0.0273. The summed E-state index contributed by atoms with van der Waals surface area (Å²) in [4.78, 5) is 2.26. The van der Waals surface area contributed by atoms with E-state index >= 15 is 0 Å². The first kappa shape index (κ1) is 15.0. The number of nitrogens with zero attached hydrogens (tertiary/aromatic N) is 6. The fourth-order valence-electron chi connectivity index (χ4n) is 3.30. The third-order valence-electron chi connectivity index (χ3n) is 4.45. The van der Waals surface area contributed by atoms with Gasteiger partial charge in [0.2, 0.25) is 0 Å². The van der Waals surface area contributed by atoms with Gasteiger partial charge in [-0.25, -0.2) is 9.36 Å². The molecule has 7 heteroatoms. The van der Waals surface area contributed by atoms with Crippen LogP contribution in [-0.2, 0) is 13.1 Å². The van der Waals surface area contributed by atoms with Crippen molar-refractivity contribution in [3.63, 3.8) is 0 Å². The topological polar surface area (TPSA) is 72.0 Å². The van der Waals surface area contributed by atoms with E-state index in [1.165, 1.54) is 0 Å². The summed E-state index contributed by atoms with van der Waals surface area (Å²) in [5.41, 5.74) is 1.41. The zero-order chi connectivity index (χ0) is 16.4. The van der Waals surface area contributed by atoms with Gasteiger partial charge in [-0.3, -0.25) is 4.90 Å². The highest BCUT2D eigenvalue weighted by Gasteiger charge is 2.36. The van der Waals surface area contributed by atoms with Crippen LogP contribution in [0.2, 0.25) is 0 Å². The van der Waals surface area contributed by atoms with Crippen molar-refractivity contribution in [3.8, 4) is 5.69 Å². The molecule has 1 N–H and O–H groups in total. The summed E-state index contributed by atoms with van der Waals surface area (Å²) in [6.07, 6.45) is 5.96. The number of rotatable bonds is 5. The highest BCUT2D eigenvalue weighted by atomic mass is 16.3. The van der Waals surface area contributed by atoms with E-state index in [2.05, 4.69) is 20.3 Å². The molecule has 0 spiro atoms. The third kappa shape index (κ3) is 3.08. The van der Waals surface area contributed by atoms with Crippen molar-refractivity contribution in [1.29, 1.82) is 0 Å². The maximum atomic E-state index is 10.8. The highest BCUT2D eigenvalue weighted by molar-refractivity contribution is 5.32. The first-order valence-corrected chi connectivity index (χ1v) is 8.09. The molecule has 1 fully saturated rings. The smallest absolute Gasteiger partial charge is 0.0981 e. The zero-order valence-electron chi connectivity index (χ0n) is 13.4. The predicted octanol–water partition coefficient (Wildman–Crippen LogP) is 1.10. The SMILES string of the molecule is OC1(Cn2ccnn2)CCN(Cc2ccnn2-c2ccccc2)C1. The van der Waals surface area contributed by atoms with E-state index < -0.39 is 5.60 Å². The Labute approximate surface area is 140 Å². The Hall–Kier alpha value is -2.51. The van der Waals surface area contributed by atoms with Crippen LogP contribution in [0.15, 0.2) is 55.0 Å². The second-order valence-electron chi connectivity index (χ2n) is 6.36. The molecule has 1 unspecified atom stereocenters. The number of benzene rings is 1. The van der Waals surface area contributed by atoms with E-state index in [0.717, 1.165) is 30.9 Å². The van der Waals surface area contributed by atoms with Crippen molar-refractivity contribution in [2.75, 3.05) is 13.1 Å². The van der Waals surface area contributed by atoms with Crippen LogP contribution < -0.4 is 0 Å². The van der Waals surface area contributed by atoms with Crippen LogP contribution >= 0.6 is 0 Å². The molecule has 2 aromatic heterocycles. The predicted molar refractivity (Wildman–Crippen MR) is 88.4 cm³/mol. The summed E-state index contributed by atoms with van der Waals surface area (Å²) in [6, 6.07) is 12.1. The van der Waals surface area contributed by atoms with E-state index in [1.54, 1.807) is 17.1 Å². The van der Waals surface area contributed by atoms with E-state index in [4.69, 9.17) is 0 Å². The molecule has 0 bridgehead atoms. The molecule has 1 saturated heterocycles. The molecule has 1 atom stereocenters. The molecule has 4 rings (SSSR count). The van der Waals surface area contributed by atoms with Gasteiger partial charge in [-0.15, -0.1) is 5.10 Å².